The number of halogens is 1. The number of carbonyl (C=O) groups is 2. The highest BCUT2D eigenvalue weighted by atomic mass is 35.5. The molecule has 2 heterocycles. The van der Waals surface area contributed by atoms with Crippen LogP contribution in [0, 0.1) is 0 Å². The van der Waals surface area contributed by atoms with Crippen molar-refractivity contribution >= 4 is 29.1 Å². The van der Waals surface area contributed by atoms with Gasteiger partial charge in [0, 0.05) is 57.6 Å². The van der Waals surface area contributed by atoms with Crippen molar-refractivity contribution in [3.63, 3.8) is 0 Å². The second kappa shape index (κ2) is 10.4. The fourth-order valence-electron chi connectivity index (χ4n) is 3.58. The Balaban J connectivity index is 1.56. The molecule has 1 unspecified atom stereocenters. The largest absolute Gasteiger partial charge is 0.367 e. The zero-order valence-electron chi connectivity index (χ0n) is 17.5. The van der Waals surface area contributed by atoms with E-state index in [1.54, 1.807) is 4.90 Å². The van der Waals surface area contributed by atoms with Gasteiger partial charge in [-0.1, -0.05) is 30.7 Å². The molecule has 0 N–H and O–H groups in total. The first-order chi connectivity index (χ1) is 14.5. The van der Waals surface area contributed by atoms with Crippen LogP contribution in [0.15, 0.2) is 42.9 Å². The van der Waals surface area contributed by atoms with Crippen molar-refractivity contribution in [1.29, 1.82) is 0 Å². The zero-order valence-corrected chi connectivity index (χ0v) is 18.3. The SMILES string of the molecule is CCC(C)N(CCC(=O)N1CCN(c2ccccc2Cl)CC1)C(=O)c1cnccn1. The molecule has 1 aromatic heterocycles. The number of amides is 2. The number of nitrogens with zero attached hydrogens (tertiary/aromatic N) is 5. The maximum atomic E-state index is 12.8. The van der Waals surface area contributed by atoms with E-state index in [-0.39, 0.29) is 17.9 Å². The van der Waals surface area contributed by atoms with Gasteiger partial charge >= 0.3 is 0 Å². The van der Waals surface area contributed by atoms with Crippen LogP contribution in [0.5, 0.6) is 0 Å². The molecule has 1 atom stereocenters. The predicted octanol–water partition coefficient (Wildman–Crippen LogP) is 3.11. The summed E-state index contributed by atoms with van der Waals surface area (Å²) in [6.07, 6.45) is 5.61. The molecule has 30 heavy (non-hydrogen) atoms. The van der Waals surface area contributed by atoms with Crippen molar-refractivity contribution in [2.45, 2.75) is 32.7 Å². The number of para-hydroxylation sites is 1. The van der Waals surface area contributed by atoms with Gasteiger partial charge in [-0.3, -0.25) is 14.6 Å². The van der Waals surface area contributed by atoms with E-state index in [4.69, 9.17) is 11.6 Å². The third-order valence-electron chi connectivity index (χ3n) is 5.56. The first kappa shape index (κ1) is 22.0. The Kier molecular flexibility index (Phi) is 7.63. The molecule has 1 aliphatic rings. The minimum absolute atomic E-state index is 0.0179. The molecule has 7 nitrogen and oxygen atoms in total. The van der Waals surface area contributed by atoms with Gasteiger partial charge in [-0.15, -0.1) is 0 Å². The zero-order chi connectivity index (χ0) is 21.5. The summed E-state index contributed by atoms with van der Waals surface area (Å²) >= 11 is 6.30. The second-order valence-corrected chi connectivity index (χ2v) is 7.82. The van der Waals surface area contributed by atoms with Crippen molar-refractivity contribution in [3.05, 3.63) is 53.6 Å². The summed E-state index contributed by atoms with van der Waals surface area (Å²) in [4.78, 5) is 39.5. The minimum atomic E-state index is -0.186. The highest BCUT2D eigenvalue weighted by molar-refractivity contribution is 6.33. The highest BCUT2D eigenvalue weighted by Gasteiger charge is 2.26. The van der Waals surface area contributed by atoms with Crippen molar-refractivity contribution in [2.24, 2.45) is 0 Å². The molecular weight excluding hydrogens is 402 g/mol. The van der Waals surface area contributed by atoms with Crippen LogP contribution in [0.25, 0.3) is 0 Å². The lowest BCUT2D eigenvalue weighted by Gasteiger charge is -2.37. The molecule has 0 radical (unpaired) electrons. The Morgan fingerprint density at radius 2 is 1.90 bits per heavy atom. The molecule has 2 amide bonds. The molecule has 0 aliphatic carbocycles. The monoisotopic (exact) mass is 429 g/mol. The third kappa shape index (κ3) is 5.27. The normalized spacial score (nSPS) is 15.0. The van der Waals surface area contributed by atoms with Gasteiger partial charge in [0.05, 0.1) is 16.9 Å². The molecule has 1 aliphatic heterocycles. The molecule has 8 heteroatoms. The number of rotatable bonds is 7. The van der Waals surface area contributed by atoms with Gasteiger partial charge in [-0.2, -0.15) is 0 Å². The number of carbonyl (C=O) groups excluding carboxylic acids is 2. The van der Waals surface area contributed by atoms with Crippen molar-refractivity contribution in [2.75, 3.05) is 37.6 Å². The number of hydrogen-bond donors (Lipinski definition) is 0. The Hall–Kier alpha value is -2.67. The summed E-state index contributed by atoms with van der Waals surface area (Å²) in [5, 5.41) is 0.726. The Morgan fingerprint density at radius 1 is 1.17 bits per heavy atom. The molecular formula is C22H28ClN5O2. The lowest BCUT2D eigenvalue weighted by atomic mass is 10.1. The first-order valence-corrected chi connectivity index (χ1v) is 10.7. The van der Waals surface area contributed by atoms with Crippen LogP contribution in [0.3, 0.4) is 0 Å². The standard InChI is InChI=1S/C22H28ClN5O2/c1-3-17(2)28(22(30)19-16-24-9-10-25-19)11-8-21(29)27-14-12-26(13-15-27)20-7-5-4-6-18(20)23/h4-7,9-10,16-17H,3,8,11-15H2,1-2H3. The predicted molar refractivity (Wildman–Crippen MR) is 118 cm³/mol. The molecule has 0 spiro atoms. The van der Waals surface area contributed by atoms with Gasteiger partial charge in [-0.25, -0.2) is 4.98 Å². The smallest absolute Gasteiger partial charge is 0.274 e. The lowest BCUT2D eigenvalue weighted by Crippen LogP contribution is -2.50. The Morgan fingerprint density at radius 3 is 2.53 bits per heavy atom. The molecule has 2 aromatic rings. The van der Waals surface area contributed by atoms with Gasteiger partial charge in [0.25, 0.3) is 5.91 Å². The molecule has 160 valence electrons. The summed E-state index contributed by atoms with van der Waals surface area (Å²) in [7, 11) is 0. The Labute approximate surface area is 182 Å². The fourth-order valence-corrected chi connectivity index (χ4v) is 3.83. The summed E-state index contributed by atoms with van der Waals surface area (Å²) in [5.41, 5.74) is 1.31. The van der Waals surface area contributed by atoms with Gasteiger partial charge < -0.3 is 14.7 Å². The number of aromatic nitrogens is 2. The van der Waals surface area contributed by atoms with E-state index in [0.717, 1.165) is 30.2 Å². The van der Waals surface area contributed by atoms with E-state index in [9.17, 15) is 9.59 Å². The number of piperazine rings is 1. The summed E-state index contributed by atoms with van der Waals surface area (Å²) < 4.78 is 0. The van der Waals surface area contributed by atoms with Crippen LogP contribution in [0.1, 0.15) is 37.2 Å². The van der Waals surface area contributed by atoms with Crippen LogP contribution >= 0.6 is 11.6 Å². The average molecular weight is 430 g/mol. The summed E-state index contributed by atoms with van der Waals surface area (Å²) in [6.45, 7) is 7.15. The minimum Gasteiger partial charge on any atom is -0.367 e. The molecule has 1 aromatic carbocycles. The molecule has 0 bridgehead atoms. The number of benzene rings is 1. The van der Waals surface area contributed by atoms with E-state index < -0.39 is 0 Å². The second-order valence-electron chi connectivity index (χ2n) is 7.42. The van der Waals surface area contributed by atoms with Gasteiger partial charge in [-0.05, 0) is 25.5 Å². The molecule has 3 rings (SSSR count). The maximum Gasteiger partial charge on any atom is 0.274 e. The van der Waals surface area contributed by atoms with E-state index in [1.807, 2.05) is 43.0 Å². The van der Waals surface area contributed by atoms with Crippen LogP contribution in [0.2, 0.25) is 5.02 Å². The van der Waals surface area contributed by atoms with E-state index in [2.05, 4.69) is 14.9 Å². The quantitative estimate of drug-likeness (QED) is 0.676. The first-order valence-electron chi connectivity index (χ1n) is 10.4. The van der Waals surface area contributed by atoms with Gasteiger partial charge in [0.15, 0.2) is 0 Å². The van der Waals surface area contributed by atoms with Crippen LogP contribution in [0.4, 0.5) is 5.69 Å². The van der Waals surface area contributed by atoms with Crippen LogP contribution in [-0.2, 0) is 4.79 Å². The van der Waals surface area contributed by atoms with Crippen molar-refractivity contribution in [1.82, 2.24) is 19.8 Å². The Bertz CT molecular complexity index is 856. The summed E-state index contributed by atoms with van der Waals surface area (Å²) in [6, 6.07) is 7.78. The fraction of sp³-hybridized carbons (Fsp3) is 0.455. The average Bonchev–Trinajstić information content (AvgIpc) is 2.79. The van der Waals surface area contributed by atoms with Crippen molar-refractivity contribution < 1.29 is 9.59 Å². The van der Waals surface area contributed by atoms with Crippen LogP contribution < -0.4 is 4.90 Å². The van der Waals surface area contributed by atoms with E-state index in [0.29, 0.717) is 31.7 Å². The lowest BCUT2D eigenvalue weighted by molar-refractivity contribution is -0.131. The number of hydrogen-bond acceptors (Lipinski definition) is 5. The number of anilines is 1. The van der Waals surface area contributed by atoms with E-state index in [1.165, 1.54) is 18.6 Å². The highest BCUT2D eigenvalue weighted by Crippen LogP contribution is 2.26. The molecule has 0 saturated carbocycles. The summed E-state index contributed by atoms with van der Waals surface area (Å²) in [5.74, 6) is -0.122. The molecule has 1 fully saturated rings. The molecule has 1 saturated heterocycles. The topological polar surface area (TPSA) is 69.6 Å². The van der Waals surface area contributed by atoms with E-state index >= 15 is 0 Å². The maximum absolute atomic E-state index is 12.8. The van der Waals surface area contributed by atoms with Gasteiger partial charge in [0.1, 0.15) is 5.69 Å². The van der Waals surface area contributed by atoms with Crippen LogP contribution in [-0.4, -0.2) is 70.3 Å². The third-order valence-corrected chi connectivity index (χ3v) is 5.88. The van der Waals surface area contributed by atoms with Gasteiger partial charge in [0.2, 0.25) is 5.91 Å². The van der Waals surface area contributed by atoms with Crippen molar-refractivity contribution in [3.8, 4) is 0 Å².